The van der Waals surface area contributed by atoms with E-state index in [9.17, 15) is 19.5 Å². The Hall–Kier alpha value is -5.63. The van der Waals surface area contributed by atoms with E-state index in [1.807, 2.05) is 105 Å². The normalized spacial score (nSPS) is 21.3. The Labute approximate surface area is 332 Å². The van der Waals surface area contributed by atoms with Gasteiger partial charge in [0.2, 0.25) is 5.91 Å². The fourth-order valence-corrected chi connectivity index (χ4v) is 7.72. The van der Waals surface area contributed by atoms with Crippen LogP contribution in [0.25, 0.3) is 22.2 Å². The van der Waals surface area contributed by atoms with Crippen LogP contribution in [0.3, 0.4) is 0 Å². The van der Waals surface area contributed by atoms with E-state index in [0.717, 1.165) is 48.7 Å². The minimum atomic E-state index is -0.808. The van der Waals surface area contributed by atoms with Gasteiger partial charge in [0.05, 0.1) is 19.3 Å². The molecule has 3 aromatic carbocycles. The van der Waals surface area contributed by atoms with Crippen molar-refractivity contribution in [1.82, 2.24) is 20.2 Å². The molecule has 302 valence electrons. The molecule has 3 aliphatic heterocycles. The minimum Gasteiger partial charge on any atom is -0.480 e. The van der Waals surface area contributed by atoms with Crippen LogP contribution in [0, 0.1) is 0 Å². The molecule has 14 nitrogen and oxygen atoms in total. The molecule has 57 heavy (non-hydrogen) atoms. The van der Waals surface area contributed by atoms with Crippen molar-refractivity contribution in [2.45, 2.75) is 102 Å². The van der Waals surface area contributed by atoms with Crippen molar-refractivity contribution in [3.8, 4) is 0 Å². The highest BCUT2D eigenvalue weighted by molar-refractivity contribution is 5.86. The molecule has 0 spiro atoms. The van der Waals surface area contributed by atoms with E-state index in [1.54, 1.807) is 9.80 Å². The molecule has 0 bridgehead atoms. The molecule has 2 aromatic heterocycles. The van der Waals surface area contributed by atoms with E-state index < -0.39 is 23.7 Å². The summed E-state index contributed by atoms with van der Waals surface area (Å²) in [5.74, 6) is -0.881. The second-order valence-electron chi connectivity index (χ2n) is 15.9. The summed E-state index contributed by atoms with van der Waals surface area (Å²) >= 11 is 0. The number of benzene rings is 3. The number of nitrogens with one attached hydrogen (secondary N) is 1. The van der Waals surface area contributed by atoms with Gasteiger partial charge in [0.1, 0.15) is 28.7 Å². The topological polar surface area (TPSA) is 164 Å². The number of nitrogens with zero attached hydrogens (tertiary/aromatic N) is 5. The number of para-hydroxylation sites is 4. The van der Waals surface area contributed by atoms with Gasteiger partial charge < -0.3 is 43.4 Å². The average molecular weight is 781 g/mol. The van der Waals surface area contributed by atoms with E-state index in [2.05, 4.69) is 15.3 Å². The van der Waals surface area contributed by atoms with Crippen LogP contribution >= 0.6 is 0 Å². The third kappa shape index (κ3) is 9.85. The Morgan fingerprint density at radius 1 is 0.789 bits per heavy atom. The lowest BCUT2D eigenvalue weighted by Crippen LogP contribution is -2.52. The Morgan fingerprint density at radius 2 is 1.35 bits per heavy atom. The molecule has 0 radical (unpaired) electrons. The van der Waals surface area contributed by atoms with Crippen molar-refractivity contribution in [3.05, 3.63) is 84.4 Å². The zero-order valence-electron chi connectivity index (χ0n) is 32.8. The van der Waals surface area contributed by atoms with Gasteiger partial charge in [0.15, 0.2) is 11.2 Å². The lowest BCUT2D eigenvalue weighted by molar-refractivity contribution is -0.139. The molecule has 5 aromatic rings. The smallest absolute Gasteiger partial charge is 0.410 e. The number of ether oxygens (including phenoxy) is 2. The quantitative estimate of drug-likeness (QED) is 0.155. The highest BCUT2D eigenvalue weighted by Gasteiger charge is 2.40. The molecular weight excluding hydrogens is 729 g/mol. The Balaban J connectivity index is 0.000000229. The number of hydrogen-bond donors (Lipinski definition) is 2. The van der Waals surface area contributed by atoms with Gasteiger partial charge in [-0.25, -0.2) is 9.59 Å². The number of carbonyl (C=O) groups excluding carboxylic acids is 2. The van der Waals surface area contributed by atoms with Crippen LogP contribution in [0.4, 0.5) is 16.8 Å². The maximum Gasteiger partial charge on any atom is 0.410 e. The summed E-state index contributed by atoms with van der Waals surface area (Å²) in [6.45, 7) is 8.13. The summed E-state index contributed by atoms with van der Waals surface area (Å²) < 4.78 is 23.3. The Bertz CT molecular complexity index is 2060. The standard InChI is InChI=1S/C30H38N4O5.C13H14N2O3/c1-30(2,3)39-29(36)34-18-22(17-23(34)20-37-19-21-11-5-4-6-12-21)31-27(35)25-14-9-10-16-33(25)28-32-24-13-7-8-15-26(24)38-28;16-12(17)10-6-3-4-8-15(10)13-14-9-5-1-2-7-11(9)18-13/h4-8,11-13,15,22-23,25H,9-10,14,16-20H2,1-3H3,(H,31,35);1-2,5,7,10H,3-4,6,8H2,(H,16,17)/t22?,23-,25-;10-/m00/s1. The van der Waals surface area contributed by atoms with Gasteiger partial charge in [0.25, 0.3) is 12.0 Å². The summed E-state index contributed by atoms with van der Waals surface area (Å²) in [4.78, 5) is 52.3. The highest BCUT2D eigenvalue weighted by atomic mass is 16.6. The van der Waals surface area contributed by atoms with E-state index in [0.29, 0.717) is 68.9 Å². The molecule has 8 rings (SSSR count). The number of rotatable bonds is 9. The van der Waals surface area contributed by atoms with Crippen LogP contribution in [0.15, 0.2) is 87.7 Å². The van der Waals surface area contributed by atoms with E-state index in [-0.39, 0.29) is 24.0 Å². The average Bonchev–Trinajstić information content (AvgIpc) is 3.95. The molecule has 0 aliphatic carbocycles. The molecule has 0 saturated carbocycles. The van der Waals surface area contributed by atoms with Gasteiger partial charge in [-0.2, -0.15) is 9.97 Å². The predicted octanol–water partition coefficient (Wildman–Crippen LogP) is 7.17. The van der Waals surface area contributed by atoms with E-state index in [4.69, 9.17) is 18.3 Å². The van der Waals surface area contributed by atoms with Gasteiger partial charge in [-0.3, -0.25) is 4.79 Å². The number of piperidine rings is 2. The monoisotopic (exact) mass is 780 g/mol. The van der Waals surface area contributed by atoms with Crippen molar-refractivity contribution in [2.24, 2.45) is 0 Å². The summed E-state index contributed by atoms with van der Waals surface area (Å²) in [7, 11) is 0. The van der Waals surface area contributed by atoms with Crippen molar-refractivity contribution < 1.29 is 37.8 Å². The fraction of sp³-hybridized carbons (Fsp3) is 0.465. The van der Waals surface area contributed by atoms with Crippen LogP contribution < -0.4 is 15.1 Å². The van der Waals surface area contributed by atoms with Gasteiger partial charge in [-0.15, -0.1) is 0 Å². The first-order valence-electron chi connectivity index (χ1n) is 19.9. The largest absolute Gasteiger partial charge is 0.480 e. The van der Waals surface area contributed by atoms with Crippen LogP contribution in [-0.4, -0.2) is 94.0 Å². The van der Waals surface area contributed by atoms with Crippen molar-refractivity contribution in [1.29, 1.82) is 0 Å². The number of oxazole rings is 2. The van der Waals surface area contributed by atoms with Crippen LogP contribution in [0.1, 0.15) is 71.3 Å². The van der Waals surface area contributed by atoms with Crippen LogP contribution in [0.5, 0.6) is 0 Å². The van der Waals surface area contributed by atoms with Gasteiger partial charge in [-0.05, 0) is 95.5 Å². The van der Waals surface area contributed by atoms with E-state index >= 15 is 0 Å². The van der Waals surface area contributed by atoms with Gasteiger partial charge in [0, 0.05) is 25.7 Å². The zero-order valence-corrected chi connectivity index (χ0v) is 32.8. The first-order chi connectivity index (χ1) is 27.5. The number of hydrogen-bond acceptors (Lipinski definition) is 11. The first-order valence-corrected chi connectivity index (χ1v) is 19.9. The summed E-state index contributed by atoms with van der Waals surface area (Å²) in [5.41, 5.74) is 3.40. The predicted molar refractivity (Wildman–Crippen MR) is 215 cm³/mol. The number of carboxylic acids is 1. The molecule has 4 atom stereocenters. The van der Waals surface area contributed by atoms with Crippen LogP contribution in [0.2, 0.25) is 0 Å². The summed E-state index contributed by atoms with van der Waals surface area (Å²) in [5, 5.41) is 12.4. The molecule has 14 heteroatoms. The fourth-order valence-electron chi connectivity index (χ4n) is 7.72. The minimum absolute atomic E-state index is 0.0723. The first kappa shape index (κ1) is 39.6. The second kappa shape index (κ2) is 17.7. The number of aliphatic carboxylic acids is 1. The second-order valence-corrected chi connectivity index (χ2v) is 15.9. The zero-order chi connectivity index (χ0) is 39.9. The van der Waals surface area contributed by atoms with Crippen molar-refractivity contribution in [2.75, 3.05) is 36.0 Å². The SMILES string of the molecule is CC(C)(C)OC(=O)N1CC(NC(=O)[C@@H]2CCCCN2c2nc3ccccc3o2)C[C@H]1COCc1ccccc1.O=C(O)[C@@H]1CCCCN1c1nc2ccccc2o1. The van der Waals surface area contributed by atoms with E-state index in [1.165, 1.54) is 0 Å². The molecule has 2 amide bonds. The number of fused-ring (bicyclic) bond motifs is 2. The molecule has 3 aliphatic rings. The molecule has 3 saturated heterocycles. The van der Waals surface area contributed by atoms with Gasteiger partial charge >= 0.3 is 12.1 Å². The number of carboxylic acid groups (broad SMARTS) is 1. The highest BCUT2D eigenvalue weighted by Crippen LogP contribution is 2.30. The number of aromatic nitrogens is 2. The number of anilines is 2. The van der Waals surface area contributed by atoms with Crippen molar-refractivity contribution >= 4 is 52.2 Å². The molecular formula is C43H52N6O8. The third-order valence-electron chi connectivity index (χ3n) is 10.5. The Kier molecular flexibility index (Phi) is 12.3. The number of amides is 2. The maximum atomic E-state index is 13.6. The summed E-state index contributed by atoms with van der Waals surface area (Å²) in [6, 6.07) is 24.6. The molecule has 3 fully saturated rings. The maximum absolute atomic E-state index is 13.6. The summed E-state index contributed by atoms with van der Waals surface area (Å²) in [6.07, 6.45) is 5.41. The lowest BCUT2D eigenvalue weighted by Gasteiger charge is -2.34. The number of likely N-dealkylation sites (tertiary alicyclic amines) is 1. The Morgan fingerprint density at radius 3 is 1.93 bits per heavy atom. The molecule has 2 N–H and O–H groups in total. The number of carbonyl (C=O) groups is 3. The van der Waals surface area contributed by atoms with Crippen molar-refractivity contribution in [3.63, 3.8) is 0 Å². The molecule has 1 unspecified atom stereocenters. The van der Waals surface area contributed by atoms with Gasteiger partial charge in [-0.1, -0.05) is 54.6 Å². The molecule has 5 heterocycles. The van der Waals surface area contributed by atoms with Crippen LogP contribution in [-0.2, 0) is 25.7 Å². The lowest BCUT2D eigenvalue weighted by atomic mass is 10.0. The third-order valence-corrected chi connectivity index (χ3v) is 10.5.